The van der Waals surface area contributed by atoms with Crippen molar-refractivity contribution in [2.75, 3.05) is 11.9 Å². The van der Waals surface area contributed by atoms with Gasteiger partial charge >= 0.3 is 5.97 Å². The van der Waals surface area contributed by atoms with E-state index >= 15 is 0 Å². The Morgan fingerprint density at radius 1 is 1.53 bits per heavy atom. The van der Waals surface area contributed by atoms with E-state index in [1.54, 1.807) is 13.3 Å². The van der Waals surface area contributed by atoms with E-state index in [0.29, 0.717) is 6.42 Å². The molecular formula is C12H19N3O2. The van der Waals surface area contributed by atoms with Gasteiger partial charge in [0.25, 0.3) is 0 Å². The number of carbonyl (C=O) groups is 1. The van der Waals surface area contributed by atoms with Crippen LogP contribution in [0.25, 0.3) is 0 Å². The first-order chi connectivity index (χ1) is 8.13. The molecule has 0 aromatic carbocycles. The average molecular weight is 237 g/mol. The van der Waals surface area contributed by atoms with Gasteiger partial charge in [-0.15, -0.1) is 0 Å². The van der Waals surface area contributed by atoms with Crippen LogP contribution in [-0.4, -0.2) is 27.6 Å². The van der Waals surface area contributed by atoms with Gasteiger partial charge in [0.1, 0.15) is 12.1 Å². The molecule has 0 aliphatic heterocycles. The maximum atomic E-state index is 10.6. The Kier molecular flexibility index (Phi) is 5.39. The normalized spacial score (nSPS) is 12.1. The van der Waals surface area contributed by atoms with Crippen molar-refractivity contribution in [3.05, 3.63) is 18.1 Å². The number of anilines is 1. The number of aryl methyl sites for hydroxylation is 1. The second-order valence-corrected chi connectivity index (χ2v) is 4.06. The molecule has 1 atom stereocenters. The Balaban J connectivity index is 2.28. The molecule has 0 bridgehead atoms. The van der Waals surface area contributed by atoms with Crippen LogP contribution >= 0.6 is 0 Å². The van der Waals surface area contributed by atoms with Crippen molar-refractivity contribution in [3.63, 3.8) is 0 Å². The second-order valence-electron chi connectivity index (χ2n) is 4.06. The number of hydrogen-bond acceptors (Lipinski definition) is 4. The van der Waals surface area contributed by atoms with Crippen LogP contribution in [0.2, 0.25) is 0 Å². The first-order valence-corrected chi connectivity index (χ1v) is 5.91. The summed E-state index contributed by atoms with van der Waals surface area (Å²) in [6.07, 6.45) is 3.92. The molecule has 1 aromatic heterocycles. The third kappa shape index (κ3) is 4.80. The topological polar surface area (TPSA) is 75.1 Å². The Bertz CT molecular complexity index is 369. The molecule has 17 heavy (non-hydrogen) atoms. The van der Waals surface area contributed by atoms with Crippen LogP contribution < -0.4 is 5.32 Å². The van der Waals surface area contributed by atoms with Crippen molar-refractivity contribution < 1.29 is 9.90 Å². The molecule has 1 aromatic rings. The summed E-state index contributed by atoms with van der Waals surface area (Å²) < 4.78 is 0. The molecule has 0 saturated carbocycles. The zero-order chi connectivity index (χ0) is 12.7. The van der Waals surface area contributed by atoms with E-state index in [9.17, 15) is 4.79 Å². The predicted molar refractivity (Wildman–Crippen MR) is 65.9 cm³/mol. The molecule has 0 aliphatic rings. The minimum Gasteiger partial charge on any atom is -0.481 e. The maximum Gasteiger partial charge on any atom is 0.306 e. The highest BCUT2D eigenvalue weighted by Gasteiger charge is 2.09. The highest BCUT2D eigenvalue weighted by Crippen LogP contribution is 2.08. The van der Waals surface area contributed by atoms with Crippen LogP contribution in [0, 0.1) is 5.92 Å². The average Bonchev–Trinajstić information content (AvgIpc) is 2.34. The van der Waals surface area contributed by atoms with E-state index in [-0.39, 0.29) is 5.92 Å². The lowest BCUT2D eigenvalue weighted by molar-refractivity contribution is -0.141. The second kappa shape index (κ2) is 6.83. The lowest BCUT2D eigenvalue weighted by atomic mass is 10.1. The van der Waals surface area contributed by atoms with E-state index < -0.39 is 5.97 Å². The van der Waals surface area contributed by atoms with Crippen molar-refractivity contribution in [2.24, 2.45) is 5.92 Å². The largest absolute Gasteiger partial charge is 0.481 e. The van der Waals surface area contributed by atoms with Gasteiger partial charge < -0.3 is 10.4 Å². The highest BCUT2D eigenvalue weighted by molar-refractivity contribution is 5.69. The molecular weight excluding hydrogens is 218 g/mol. The van der Waals surface area contributed by atoms with Crippen LogP contribution in [0.3, 0.4) is 0 Å². The standard InChI is InChI=1S/C12H19N3O2/c1-3-10-7-11(15-8-14-10)13-6-4-5-9(2)12(16)17/h7-9H,3-6H2,1-2H3,(H,16,17)(H,13,14,15). The Labute approximate surface area is 101 Å². The number of rotatable bonds is 7. The third-order valence-corrected chi connectivity index (χ3v) is 2.63. The quantitative estimate of drug-likeness (QED) is 0.709. The van der Waals surface area contributed by atoms with E-state index in [1.807, 2.05) is 13.0 Å². The van der Waals surface area contributed by atoms with Gasteiger partial charge in [0.2, 0.25) is 0 Å². The molecule has 0 aliphatic carbocycles. The van der Waals surface area contributed by atoms with Gasteiger partial charge in [-0.25, -0.2) is 9.97 Å². The number of carboxylic acids is 1. The van der Waals surface area contributed by atoms with Crippen molar-refractivity contribution >= 4 is 11.8 Å². The van der Waals surface area contributed by atoms with E-state index in [0.717, 1.165) is 30.9 Å². The summed E-state index contributed by atoms with van der Waals surface area (Å²) in [5.41, 5.74) is 1.00. The third-order valence-electron chi connectivity index (χ3n) is 2.63. The molecule has 0 spiro atoms. The first-order valence-electron chi connectivity index (χ1n) is 5.91. The molecule has 94 valence electrons. The van der Waals surface area contributed by atoms with Crippen LogP contribution in [0.5, 0.6) is 0 Å². The number of nitrogens with zero attached hydrogens (tertiary/aromatic N) is 2. The van der Waals surface area contributed by atoms with Crippen molar-refractivity contribution in [1.82, 2.24) is 9.97 Å². The number of carboxylic acid groups (broad SMARTS) is 1. The predicted octanol–water partition coefficient (Wildman–Crippen LogP) is 1.95. The van der Waals surface area contributed by atoms with Gasteiger partial charge in [0, 0.05) is 18.3 Å². The summed E-state index contributed by atoms with van der Waals surface area (Å²) in [6.45, 7) is 4.50. The summed E-state index contributed by atoms with van der Waals surface area (Å²) in [4.78, 5) is 18.8. The van der Waals surface area contributed by atoms with Gasteiger partial charge in [-0.1, -0.05) is 13.8 Å². The van der Waals surface area contributed by atoms with Gasteiger partial charge in [0.05, 0.1) is 5.92 Å². The Morgan fingerprint density at radius 3 is 2.94 bits per heavy atom. The fourth-order valence-corrected chi connectivity index (χ4v) is 1.44. The van der Waals surface area contributed by atoms with Gasteiger partial charge in [-0.05, 0) is 19.3 Å². The minimum absolute atomic E-state index is 0.284. The maximum absolute atomic E-state index is 10.6. The van der Waals surface area contributed by atoms with Crippen LogP contribution in [0.1, 0.15) is 32.4 Å². The smallest absolute Gasteiger partial charge is 0.306 e. The Morgan fingerprint density at radius 2 is 2.29 bits per heavy atom. The molecule has 5 nitrogen and oxygen atoms in total. The first kappa shape index (κ1) is 13.4. The molecule has 5 heteroatoms. The lowest BCUT2D eigenvalue weighted by Gasteiger charge is -2.08. The summed E-state index contributed by atoms with van der Waals surface area (Å²) in [6, 6.07) is 1.92. The van der Waals surface area contributed by atoms with Crippen molar-refractivity contribution in [1.29, 1.82) is 0 Å². The van der Waals surface area contributed by atoms with Crippen LogP contribution in [0.15, 0.2) is 12.4 Å². The van der Waals surface area contributed by atoms with Crippen molar-refractivity contribution in [2.45, 2.75) is 33.1 Å². The minimum atomic E-state index is -0.736. The van der Waals surface area contributed by atoms with Crippen LogP contribution in [0.4, 0.5) is 5.82 Å². The molecule has 0 radical (unpaired) electrons. The number of nitrogens with one attached hydrogen (secondary N) is 1. The fraction of sp³-hybridized carbons (Fsp3) is 0.583. The van der Waals surface area contributed by atoms with Crippen molar-refractivity contribution in [3.8, 4) is 0 Å². The molecule has 1 unspecified atom stereocenters. The number of aromatic nitrogens is 2. The van der Waals surface area contributed by atoms with Gasteiger partial charge in [0.15, 0.2) is 0 Å². The molecule has 1 heterocycles. The number of aliphatic carboxylic acids is 1. The monoisotopic (exact) mass is 237 g/mol. The summed E-state index contributed by atoms with van der Waals surface area (Å²) in [5, 5.41) is 11.9. The lowest BCUT2D eigenvalue weighted by Crippen LogP contribution is -2.12. The molecule has 0 fully saturated rings. The van der Waals surface area contributed by atoms with Gasteiger partial charge in [-0.2, -0.15) is 0 Å². The van der Waals surface area contributed by atoms with Gasteiger partial charge in [-0.3, -0.25) is 4.79 Å². The fourth-order valence-electron chi connectivity index (χ4n) is 1.44. The zero-order valence-corrected chi connectivity index (χ0v) is 10.3. The SMILES string of the molecule is CCc1cc(NCCCC(C)C(=O)O)ncn1. The summed E-state index contributed by atoms with van der Waals surface area (Å²) >= 11 is 0. The number of hydrogen-bond donors (Lipinski definition) is 2. The van der Waals surface area contributed by atoms with E-state index in [4.69, 9.17) is 5.11 Å². The summed E-state index contributed by atoms with van der Waals surface area (Å²) in [5.74, 6) is -0.214. The molecule has 0 amide bonds. The zero-order valence-electron chi connectivity index (χ0n) is 10.3. The molecule has 1 rings (SSSR count). The van der Waals surface area contributed by atoms with E-state index in [2.05, 4.69) is 15.3 Å². The molecule has 0 saturated heterocycles. The Hall–Kier alpha value is -1.65. The van der Waals surface area contributed by atoms with E-state index in [1.165, 1.54) is 0 Å². The molecule has 2 N–H and O–H groups in total. The van der Waals surface area contributed by atoms with Crippen LogP contribution in [-0.2, 0) is 11.2 Å². The summed E-state index contributed by atoms with van der Waals surface area (Å²) in [7, 11) is 0. The highest BCUT2D eigenvalue weighted by atomic mass is 16.4.